The number of morpholine rings is 1. The second kappa shape index (κ2) is 12.0. The Labute approximate surface area is 194 Å². The molecule has 0 radical (unpaired) electrons. The lowest BCUT2D eigenvalue weighted by Gasteiger charge is -2.26. The highest BCUT2D eigenvalue weighted by atomic mass is 16.5. The molecular formula is C25H31N5O3. The summed E-state index contributed by atoms with van der Waals surface area (Å²) in [4.78, 5) is 11.2. The molecule has 33 heavy (non-hydrogen) atoms. The minimum atomic E-state index is 0.508. The molecule has 2 N–H and O–H groups in total. The van der Waals surface area contributed by atoms with Crippen LogP contribution >= 0.6 is 0 Å². The van der Waals surface area contributed by atoms with Crippen molar-refractivity contribution in [2.45, 2.75) is 13.1 Å². The van der Waals surface area contributed by atoms with Crippen molar-refractivity contribution >= 4 is 5.96 Å². The van der Waals surface area contributed by atoms with E-state index in [1.165, 1.54) is 0 Å². The van der Waals surface area contributed by atoms with Gasteiger partial charge in [-0.1, -0.05) is 36.4 Å². The first-order chi connectivity index (χ1) is 16.3. The highest BCUT2D eigenvalue weighted by Crippen LogP contribution is 2.19. The van der Waals surface area contributed by atoms with Crippen LogP contribution in [-0.4, -0.2) is 62.3 Å². The van der Waals surface area contributed by atoms with Gasteiger partial charge >= 0.3 is 0 Å². The Bertz CT molecular complexity index is 1020. The van der Waals surface area contributed by atoms with E-state index < -0.39 is 0 Å². The van der Waals surface area contributed by atoms with Crippen LogP contribution < -0.4 is 15.4 Å². The first-order valence-corrected chi connectivity index (χ1v) is 11.3. The minimum Gasteiger partial charge on any atom is -0.492 e. The van der Waals surface area contributed by atoms with Gasteiger partial charge in [-0.05, 0) is 18.2 Å². The Morgan fingerprint density at radius 2 is 1.79 bits per heavy atom. The third kappa shape index (κ3) is 6.81. The van der Waals surface area contributed by atoms with Gasteiger partial charge in [0.05, 0.1) is 25.5 Å². The zero-order valence-corrected chi connectivity index (χ0v) is 19.0. The number of benzene rings is 2. The van der Waals surface area contributed by atoms with E-state index in [1.54, 1.807) is 13.3 Å². The van der Waals surface area contributed by atoms with Crippen LogP contribution in [0.25, 0.3) is 11.5 Å². The third-order valence-corrected chi connectivity index (χ3v) is 5.42. The summed E-state index contributed by atoms with van der Waals surface area (Å²) in [6.07, 6.45) is 1.67. The molecule has 1 aliphatic heterocycles. The Kier molecular flexibility index (Phi) is 8.32. The van der Waals surface area contributed by atoms with E-state index in [2.05, 4.69) is 31.6 Å². The fraction of sp³-hybridized carbons (Fsp3) is 0.360. The van der Waals surface area contributed by atoms with E-state index in [0.29, 0.717) is 31.5 Å². The van der Waals surface area contributed by atoms with Gasteiger partial charge < -0.3 is 24.5 Å². The highest BCUT2D eigenvalue weighted by Gasteiger charge is 2.11. The lowest BCUT2D eigenvalue weighted by Crippen LogP contribution is -2.38. The monoisotopic (exact) mass is 449 g/mol. The Morgan fingerprint density at radius 1 is 1.03 bits per heavy atom. The molecule has 1 aliphatic rings. The molecule has 8 nitrogen and oxygen atoms in total. The summed E-state index contributed by atoms with van der Waals surface area (Å²) in [5.41, 5.74) is 2.84. The van der Waals surface area contributed by atoms with Crippen molar-refractivity contribution in [1.82, 2.24) is 20.5 Å². The van der Waals surface area contributed by atoms with E-state index in [4.69, 9.17) is 13.9 Å². The lowest BCUT2D eigenvalue weighted by atomic mass is 10.2. The number of nitrogens with zero attached hydrogens (tertiary/aromatic N) is 3. The molecule has 3 aromatic rings. The largest absolute Gasteiger partial charge is 0.492 e. The topological polar surface area (TPSA) is 84.2 Å². The lowest BCUT2D eigenvalue weighted by molar-refractivity contribution is 0.0322. The molecular weight excluding hydrogens is 418 g/mol. The third-order valence-electron chi connectivity index (χ3n) is 5.42. The van der Waals surface area contributed by atoms with Gasteiger partial charge in [-0.15, -0.1) is 0 Å². The summed E-state index contributed by atoms with van der Waals surface area (Å²) < 4.78 is 17.1. The van der Waals surface area contributed by atoms with Crippen molar-refractivity contribution in [3.63, 3.8) is 0 Å². The van der Waals surface area contributed by atoms with Crippen LogP contribution in [0.4, 0.5) is 0 Å². The van der Waals surface area contributed by atoms with E-state index in [0.717, 1.165) is 55.4 Å². The van der Waals surface area contributed by atoms with Crippen molar-refractivity contribution in [3.8, 4) is 17.2 Å². The first kappa shape index (κ1) is 22.8. The number of ether oxygens (including phenoxy) is 2. The molecule has 2 heterocycles. The molecule has 0 bridgehead atoms. The van der Waals surface area contributed by atoms with Gasteiger partial charge in [0.15, 0.2) is 5.96 Å². The van der Waals surface area contributed by atoms with Gasteiger partial charge in [0.1, 0.15) is 18.6 Å². The maximum absolute atomic E-state index is 6.07. The van der Waals surface area contributed by atoms with Gasteiger partial charge in [-0.3, -0.25) is 9.89 Å². The summed E-state index contributed by atoms with van der Waals surface area (Å²) in [6.45, 7) is 6.19. The maximum Gasteiger partial charge on any atom is 0.226 e. The first-order valence-electron chi connectivity index (χ1n) is 11.3. The average Bonchev–Trinajstić information content (AvgIpc) is 3.35. The minimum absolute atomic E-state index is 0.508. The predicted molar refractivity (Wildman–Crippen MR) is 128 cm³/mol. The number of aliphatic imine (C=N–C) groups is 1. The van der Waals surface area contributed by atoms with Gasteiger partial charge in [0.25, 0.3) is 0 Å². The molecule has 0 spiro atoms. The molecule has 1 fully saturated rings. The summed E-state index contributed by atoms with van der Waals surface area (Å²) in [5, 5.41) is 6.63. The number of hydrogen-bond donors (Lipinski definition) is 2. The highest BCUT2D eigenvalue weighted by molar-refractivity contribution is 5.79. The number of rotatable bonds is 9. The van der Waals surface area contributed by atoms with Crippen LogP contribution in [0.5, 0.6) is 5.75 Å². The van der Waals surface area contributed by atoms with E-state index >= 15 is 0 Å². The van der Waals surface area contributed by atoms with Gasteiger partial charge in [0, 0.05) is 44.4 Å². The summed E-state index contributed by atoms with van der Waals surface area (Å²) >= 11 is 0. The van der Waals surface area contributed by atoms with Crippen LogP contribution in [0.1, 0.15) is 11.3 Å². The predicted octanol–water partition coefficient (Wildman–Crippen LogP) is 2.92. The van der Waals surface area contributed by atoms with E-state index in [-0.39, 0.29) is 0 Å². The number of hydrogen-bond acceptors (Lipinski definition) is 6. The second-order valence-electron chi connectivity index (χ2n) is 7.70. The maximum atomic E-state index is 6.07. The van der Waals surface area contributed by atoms with Crippen molar-refractivity contribution in [2.75, 3.05) is 46.5 Å². The number of para-hydroxylation sites is 1. The quantitative estimate of drug-likeness (QED) is 0.384. The van der Waals surface area contributed by atoms with Crippen LogP contribution in [0.15, 0.2) is 70.3 Å². The summed E-state index contributed by atoms with van der Waals surface area (Å²) in [5.74, 6) is 2.18. The molecule has 4 rings (SSSR count). The SMILES string of the molecule is CN=C(NCc1coc(-c2ccccc2)n1)NCc1ccccc1OCCN1CCOCC1. The molecule has 1 saturated heterocycles. The number of aromatic nitrogens is 1. The van der Waals surface area contributed by atoms with E-state index in [9.17, 15) is 0 Å². The number of guanidine groups is 1. The Morgan fingerprint density at radius 3 is 2.61 bits per heavy atom. The molecule has 0 atom stereocenters. The molecule has 2 aromatic carbocycles. The smallest absolute Gasteiger partial charge is 0.226 e. The standard InChI is InChI=1S/C25H31N5O3/c1-26-25(28-18-22-19-33-24(29-22)20-7-3-2-4-8-20)27-17-21-9-5-6-10-23(21)32-16-13-30-11-14-31-15-12-30/h2-10,19H,11-18H2,1H3,(H2,26,27,28). The second-order valence-corrected chi connectivity index (χ2v) is 7.70. The molecule has 8 heteroatoms. The molecule has 0 unspecified atom stereocenters. The van der Waals surface area contributed by atoms with Crippen LogP contribution in [0.2, 0.25) is 0 Å². The molecule has 0 aliphatic carbocycles. The Balaban J connectivity index is 1.25. The van der Waals surface area contributed by atoms with Crippen LogP contribution in [-0.2, 0) is 17.8 Å². The van der Waals surface area contributed by atoms with E-state index in [1.807, 2.05) is 48.5 Å². The van der Waals surface area contributed by atoms with Crippen LogP contribution in [0.3, 0.4) is 0 Å². The fourth-order valence-electron chi connectivity index (χ4n) is 3.58. The Hall–Kier alpha value is -3.36. The van der Waals surface area contributed by atoms with Crippen molar-refractivity contribution in [2.24, 2.45) is 4.99 Å². The fourth-order valence-corrected chi connectivity index (χ4v) is 3.58. The molecule has 0 saturated carbocycles. The summed E-state index contributed by atoms with van der Waals surface area (Å²) in [7, 11) is 1.75. The zero-order chi connectivity index (χ0) is 22.7. The van der Waals surface area contributed by atoms with Gasteiger partial charge in [0.2, 0.25) is 5.89 Å². The summed E-state index contributed by atoms with van der Waals surface area (Å²) in [6, 6.07) is 17.9. The molecule has 174 valence electrons. The van der Waals surface area contributed by atoms with Gasteiger partial charge in [-0.2, -0.15) is 0 Å². The van der Waals surface area contributed by atoms with Crippen molar-refractivity contribution < 1.29 is 13.9 Å². The zero-order valence-electron chi connectivity index (χ0n) is 19.0. The molecule has 0 amide bonds. The van der Waals surface area contributed by atoms with Crippen LogP contribution in [0, 0.1) is 0 Å². The van der Waals surface area contributed by atoms with Crippen molar-refractivity contribution in [1.29, 1.82) is 0 Å². The average molecular weight is 450 g/mol. The molecule has 1 aromatic heterocycles. The van der Waals surface area contributed by atoms with Gasteiger partial charge in [-0.25, -0.2) is 4.98 Å². The van der Waals surface area contributed by atoms with Crippen molar-refractivity contribution in [3.05, 3.63) is 72.1 Å². The number of oxazole rings is 1. The normalized spacial score (nSPS) is 14.8. The number of nitrogens with one attached hydrogen (secondary N) is 2.